The summed E-state index contributed by atoms with van der Waals surface area (Å²) in [5.74, 6) is 0.309. The van der Waals surface area contributed by atoms with Gasteiger partial charge in [-0.05, 0) is 35.2 Å². The second-order valence-electron chi connectivity index (χ2n) is 4.85. The van der Waals surface area contributed by atoms with E-state index in [4.69, 9.17) is 0 Å². The molecule has 0 aliphatic rings. The summed E-state index contributed by atoms with van der Waals surface area (Å²) >= 11 is 6.96. The molecular weight excluding hydrogens is 371 g/mol. The van der Waals surface area contributed by atoms with Crippen LogP contribution >= 0.6 is 31.9 Å². The highest BCUT2D eigenvalue weighted by atomic mass is 79.9. The Bertz CT molecular complexity index is 561. The second-order valence-corrected chi connectivity index (χ2v) is 6.68. The van der Waals surface area contributed by atoms with Crippen molar-refractivity contribution in [3.8, 4) is 0 Å². The van der Waals surface area contributed by atoms with Crippen LogP contribution in [-0.2, 0) is 0 Å². The van der Waals surface area contributed by atoms with E-state index in [0.717, 1.165) is 10.0 Å². The van der Waals surface area contributed by atoms with Crippen molar-refractivity contribution in [2.45, 2.75) is 24.6 Å². The molecule has 0 aliphatic heterocycles. The summed E-state index contributed by atoms with van der Waals surface area (Å²) < 4.78 is 14.7. The summed E-state index contributed by atoms with van der Waals surface area (Å²) in [5, 5.41) is 0. The van der Waals surface area contributed by atoms with Crippen LogP contribution in [0.4, 0.5) is 4.39 Å². The molecule has 0 bridgehead atoms. The Morgan fingerprint density at radius 1 is 0.947 bits per heavy atom. The third-order valence-electron chi connectivity index (χ3n) is 3.13. The van der Waals surface area contributed by atoms with Gasteiger partial charge in [0.25, 0.3) is 0 Å². The highest BCUT2D eigenvalue weighted by molar-refractivity contribution is 9.10. The van der Waals surface area contributed by atoms with Gasteiger partial charge in [0.2, 0.25) is 0 Å². The van der Waals surface area contributed by atoms with Crippen LogP contribution in [0.25, 0.3) is 0 Å². The maximum atomic E-state index is 13.9. The first-order valence-corrected chi connectivity index (χ1v) is 7.88. The Balaban J connectivity index is 2.33. The molecule has 0 radical (unpaired) electrons. The van der Waals surface area contributed by atoms with Crippen molar-refractivity contribution in [1.29, 1.82) is 0 Å². The van der Waals surface area contributed by atoms with Crippen LogP contribution in [0.15, 0.2) is 46.9 Å². The van der Waals surface area contributed by atoms with Crippen LogP contribution in [0.2, 0.25) is 0 Å². The standard InChI is InChI=1S/C16H15Br2F/c1-10(2)11-3-5-12(6-4-11)16(18)14-9-13(17)7-8-15(14)19/h3-10,16H,1-2H3. The zero-order valence-corrected chi connectivity index (χ0v) is 14.0. The van der Waals surface area contributed by atoms with Crippen LogP contribution in [0.5, 0.6) is 0 Å². The van der Waals surface area contributed by atoms with E-state index < -0.39 is 0 Å². The minimum atomic E-state index is -0.196. The van der Waals surface area contributed by atoms with E-state index in [0.29, 0.717) is 11.5 Å². The molecule has 0 aliphatic carbocycles. The number of alkyl halides is 1. The highest BCUT2D eigenvalue weighted by Crippen LogP contribution is 2.34. The molecule has 2 aromatic rings. The Morgan fingerprint density at radius 3 is 2.11 bits per heavy atom. The lowest BCUT2D eigenvalue weighted by molar-refractivity contribution is 0.613. The van der Waals surface area contributed by atoms with Crippen molar-refractivity contribution in [2.75, 3.05) is 0 Å². The predicted octanol–water partition coefficient (Wildman–Crippen LogP) is 6.20. The van der Waals surface area contributed by atoms with Crippen LogP contribution in [0, 0.1) is 5.82 Å². The normalized spacial score (nSPS) is 12.7. The fraction of sp³-hybridized carbons (Fsp3) is 0.250. The van der Waals surface area contributed by atoms with Crippen LogP contribution in [-0.4, -0.2) is 0 Å². The molecule has 1 atom stereocenters. The first-order chi connectivity index (χ1) is 8.99. The molecule has 0 N–H and O–H groups in total. The molecule has 0 spiro atoms. The third-order valence-corrected chi connectivity index (χ3v) is 4.64. The van der Waals surface area contributed by atoms with E-state index in [9.17, 15) is 4.39 Å². The molecule has 0 heterocycles. The van der Waals surface area contributed by atoms with E-state index in [-0.39, 0.29) is 10.6 Å². The molecule has 0 aromatic heterocycles. The van der Waals surface area contributed by atoms with E-state index in [1.165, 1.54) is 11.6 Å². The summed E-state index contributed by atoms with van der Waals surface area (Å²) in [6, 6.07) is 13.3. The minimum absolute atomic E-state index is 0.133. The summed E-state index contributed by atoms with van der Waals surface area (Å²) in [7, 11) is 0. The van der Waals surface area contributed by atoms with Crippen molar-refractivity contribution in [3.63, 3.8) is 0 Å². The lowest BCUT2D eigenvalue weighted by Gasteiger charge is -2.14. The molecule has 2 rings (SSSR count). The molecule has 2 aromatic carbocycles. The van der Waals surface area contributed by atoms with Gasteiger partial charge >= 0.3 is 0 Å². The number of benzene rings is 2. The maximum Gasteiger partial charge on any atom is 0.127 e. The van der Waals surface area contributed by atoms with Gasteiger partial charge in [0.15, 0.2) is 0 Å². The molecular formula is C16H15Br2F. The van der Waals surface area contributed by atoms with Crippen LogP contribution in [0.1, 0.15) is 41.3 Å². The molecule has 1 unspecified atom stereocenters. The van der Waals surface area contributed by atoms with Gasteiger partial charge in [0.1, 0.15) is 5.82 Å². The molecule has 0 saturated heterocycles. The topological polar surface area (TPSA) is 0 Å². The van der Waals surface area contributed by atoms with Crippen molar-refractivity contribution in [3.05, 3.63) is 69.4 Å². The molecule has 100 valence electrons. The highest BCUT2D eigenvalue weighted by Gasteiger charge is 2.15. The van der Waals surface area contributed by atoms with Gasteiger partial charge in [-0.3, -0.25) is 0 Å². The van der Waals surface area contributed by atoms with Crippen LogP contribution < -0.4 is 0 Å². The zero-order valence-electron chi connectivity index (χ0n) is 10.8. The first kappa shape index (κ1) is 14.7. The first-order valence-electron chi connectivity index (χ1n) is 6.18. The van der Waals surface area contributed by atoms with E-state index in [2.05, 4.69) is 70.0 Å². The van der Waals surface area contributed by atoms with E-state index >= 15 is 0 Å². The van der Waals surface area contributed by atoms with Crippen molar-refractivity contribution < 1.29 is 4.39 Å². The van der Waals surface area contributed by atoms with E-state index in [1.807, 2.05) is 6.07 Å². The fourth-order valence-corrected chi connectivity index (χ4v) is 2.97. The molecule has 0 saturated carbocycles. The van der Waals surface area contributed by atoms with Crippen molar-refractivity contribution in [2.24, 2.45) is 0 Å². The summed E-state index contributed by atoms with van der Waals surface area (Å²) in [4.78, 5) is -0.133. The van der Waals surface area contributed by atoms with Gasteiger partial charge < -0.3 is 0 Å². The van der Waals surface area contributed by atoms with E-state index in [1.54, 1.807) is 6.07 Å². The molecule has 19 heavy (non-hydrogen) atoms. The van der Waals surface area contributed by atoms with Gasteiger partial charge in [-0.15, -0.1) is 0 Å². The number of halogens is 3. The third kappa shape index (κ3) is 3.46. The quantitative estimate of drug-likeness (QED) is 0.552. The lowest BCUT2D eigenvalue weighted by atomic mass is 9.98. The smallest absolute Gasteiger partial charge is 0.127 e. The zero-order chi connectivity index (χ0) is 14.0. The molecule has 0 fully saturated rings. The number of hydrogen-bond donors (Lipinski definition) is 0. The predicted molar refractivity (Wildman–Crippen MR) is 85.4 cm³/mol. The summed E-state index contributed by atoms with van der Waals surface area (Å²) in [6.07, 6.45) is 0. The molecule has 0 nitrogen and oxygen atoms in total. The Kier molecular flexibility index (Phi) is 4.80. The van der Waals surface area contributed by atoms with Gasteiger partial charge in [-0.25, -0.2) is 4.39 Å². The molecule has 3 heteroatoms. The Morgan fingerprint density at radius 2 is 1.53 bits per heavy atom. The van der Waals surface area contributed by atoms with Gasteiger partial charge in [0, 0.05) is 10.0 Å². The average molecular weight is 386 g/mol. The van der Waals surface area contributed by atoms with Gasteiger partial charge in [-0.1, -0.05) is 70.0 Å². The average Bonchev–Trinajstić information content (AvgIpc) is 2.41. The maximum absolute atomic E-state index is 13.9. The lowest BCUT2D eigenvalue weighted by Crippen LogP contribution is -1.97. The number of hydrogen-bond acceptors (Lipinski definition) is 0. The minimum Gasteiger partial charge on any atom is -0.207 e. The van der Waals surface area contributed by atoms with Gasteiger partial charge in [-0.2, -0.15) is 0 Å². The fourth-order valence-electron chi connectivity index (χ4n) is 1.94. The van der Waals surface area contributed by atoms with Crippen molar-refractivity contribution >= 4 is 31.9 Å². The van der Waals surface area contributed by atoms with Crippen molar-refractivity contribution in [1.82, 2.24) is 0 Å². The summed E-state index contributed by atoms with van der Waals surface area (Å²) in [6.45, 7) is 4.32. The Hall–Kier alpha value is -0.670. The van der Waals surface area contributed by atoms with Gasteiger partial charge in [0.05, 0.1) is 4.83 Å². The largest absolute Gasteiger partial charge is 0.207 e. The van der Waals surface area contributed by atoms with Crippen LogP contribution in [0.3, 0.4) is 0 Å². The summed E-state index contributed by atoms with van der Waals surface area (Å²) in [5.41, 5.74) is 2.99. The monoisotopic (exact) mass is 384 g/mol. The Labute approximate surface area is 130 Å². The number of rotatable bonds is 3. The molecule has 0 amide bonds. The second kappa shape index (κ2) is 6.19. The SMILES string of the molecule is CC(C)c1ccc(C(Br)c2cc(Br)ccc2F)cc1.